The molecule has 5 heteroatoms. The van der Waals surface area contributed by atoms with Gasteiger partial charge in [0.2, 0.25) is 0 Å². The third-order valence-electron chi connectivity index (χ3n) is 2.41. The Balaban J connectivity index is 2.70. The molecule has 1 rings (SSSR count). The molecule has 0 aromatic heterocycles. The van der Waals surface area contributed by atoms with Gasteiger partial charge in [-0.1, -0.05) is 0 Å². The van der Waals surface area contributed by atoms with Crippen molar-refractivity contribution in [3.63, 3.8) is 0 Å². The number of nitrogens with zero attached hydrogens (tertiary/aromatic N) is 1. The highest BCUT2D eigenvalue weighted by Crippen LogP contribution is 2.27. The first kappa shape index (κ1) is 10.1. The maximum Gasteiger partial charge on any atom is 0.103 e. The molecule has 0 aromatic carbocycles. The summed E-state index contributed by atoms with van der Waals surface area (Å²) in [5.74, 6) is 0. The van der Waals surface area contributed by atoms with Crippen molar-refractivity contribution in [2.45, 2.75) is 23.8 Å². The van der Waals surface area contributed by atoms with Crippen LogP contribution in [0.2, 0.25) is 0 Å². The van der Waals surface area contributed by atoms with Crippen LogP contribution < -0.4 is 0 Å². The van der Waals surface area contributed by atoms with Gasteiger partial charge < -0.3 is 15.1 Å². The molecule has 1 atom stereocenters. The Hall–Kier alpha value is 0.00987. The quantitative estimate of drug-likeness (QED) is 0.461. The van der Waals surface area contributed by atoms with Crippen molar-refractivity contribution in [2.24, 2.45) is 0 Å². The van der Waals surface area contributed by atoms with E-state index in [4.69, 9.17) is 15.7 Å². The topological polar surface area (TPSA) is 43.7 Å². The van der Waals surface area contributed by atoms with Crippen molar-refractivity contribution in [3.8, 4) is 0 Å². The molecule has 0 saturated carbocycles. The summed E-state index contributed by atoms with van der Waals surface area (Å²) < 4.78 is 0. The lowest BCUT2D eigenvalue weighted by atomic mass is 9.54. The van der Waals surface area contributed by atoms with Crippen LogP contribution in [0.25, 0.3) is 0 Å². The highest BCUT2D eigenvalue weighted by atomic mass is 16.3. The van der Waals surface area contributed by atoms with Gasteiger partial charge in [0.25, 0.3) is 0 Å². The molecule has 64 valence electrons. The van der Waals surface area contributed by atoms with Crippen molar-refractivity contribution in [1.82, 2.24) is 4.90 Å². The SMILES string of the molecule is [B]C([B])(O)C1(O)CCCN(C)C1. The summed E-state index contributed by atoms with van der Waals surface area (Å²) in [7, 11) is 12.4. The van der Waals surface area contributed by atoms with E-state index in [0.717, 1.165) is 13.0 Å². The molecule has 0 aromatic rings. The van der Waals surface area contributed by atoms with E-state index >= 15 is 0 Å². The molecule has 1 heterocycles. The smallest absolute Gasteiger partial charge is 0.103 e. The Kier molecular flexibility index (Phi) is 2.57. The van der Waals surface area contributed by atoms with E-state index in [-0.39, 0.29) is 0 Å². The highest BCUT2D eigenvalue weighted by molar-refractivity contribution is 6.39. The van der Waals surface area contributed by atoms with Crippen LogP contribution in [0.4, 0.5) is 0 Å². The molecule has 1 fully saturated rings. The largest absolute Gasteiger partial charge is 0.406 e. The van der Waals surface area contributed by atoms with Crippen LogP contribution in [0.5, 0.6) is 0 Å². The lowest BCUT2D eigenvalue weighted by molar-refractivity contribution is -0.0974. The van der Waals surface area contributed by atoms with E-state index in [1.54, 1.807) is 0 Å². The van der Waals surface area contributed by atoms with Gasteiger partial charge in [-0.3, -0.25) is 0 Å². The molecule has 1 aliphatic rings. The molecule has 0 aliphatic carbocycles. The summed E-state index contributed by atoms with van der Waals surface area (Å²) in [6, 6.07) is 0. The van der Waals surface area contributed by atoms with Gasteiger partial charge in [0, 0.05) is 11.9 Å². The van der Waals surface area contributed by atoms with Crippen LogP contribution in [0, 0.1) is 0 Å². The lowest BCUT2D eigenvalue weighted by Crippen LogP contribution is -2.62. The molecule has 2 N–H and O–H groups in total. The monoisotopic (exact) mass is 165 g/mol. The highest BCUT2D eigenvalue weighted by Gasteiger charge is 2.42. The number of hydrogen-bond donors (Lipinski definition) is 2. The predicted molar refractivity (Wildman–Crippen MR) is 48.1 cm³/mol. The summed E-state index contributed by atoms with van der Waals surface area (Å²) in [6.07, 6.45) is 1.24. The van der Waals surface area contributed by atoms with E-state index in [9.17, 15) is 10.2 Å². The van der Waals surface area contributed by atoms with Gasteiger partial charge in [0.1, 0.15) is 15.7 Å². The van der Waals surface area contributed by atoms with E-state index in [1.807, 2.05) is 11.9 Å². The molecular formula is C7H13B2NO2. The van der Waals surface area contributed by atoms with E-state index in [2.05, 4.69) is 0 Å². The molecule has 0 amide bonds. The molecule has 4 radical (unpaired) electrons. The minimum Gasteiger partial charge on any atom is -0.406 e. The summed E-state index contributed by atoms with van der Waals surface area (Å²) in [6.45, 7) is 1.22. The Labute approximate surface area is 75.6 Å². The fraction of sp³-hybridized carbons (Fsp3) is 1.00. The number of aliphatic hydroxyl groups is 2. The van der Waals surface area contributed by atoms with Crippen molar-refractivity contribution in [2.75, 3.05) is 20.1 Å². The summed E-state index contributed by atoms with van der Waals surface area (Å²) in [5.41, 5.74) is -1.38. The van der Waals surface area contributed by atoms with Gasteiger partial charge in [-0.15, -0.1) is 0 Å². The van der Waals surface area contributed by atoms with Crippen LogP contribution in [0.15, 0.2) is 0 Å². The average Bonchev–Trinajstić information content (AvgIpc) is 1.83. The zero-order valence-electron chi connectivity index (χ0n) is 7.32. The number of likely N-dealkylation sites (tertiary alicyclic amines) is 1. The number of rotatable bonds is 1. The Morgan fingerprint density at radius 1 is 1.50 bits per heavy atom. The third-order valence-corrected chi connectivity index (χ3v) is 2.41. The van der Waals surface area contributed by atoms with Gasteiger partial charge in [-0.05, 0) is 26.4 Å². The second-order valence-corrected chi connectivity index (χ2v) is 3.70. The first-order chi connectivity index (χ1) is 5.35. The van der Waals surface area contributed by atoms with Gasteiger partial charge in [-0.25, -0.2) is 0 Å². The lowest BCUT2D eigenvalue weighted by Gasteiger charge is -2.45. The van der Waals surface area contributed by atoms with Gasteiger partial charge >= 0.3 is 0 Å². The number of hydrogen-bond acceptors (Lipinski definition) is 3. The maximum absolute atomic E-state index is 9.84. The molecule has 1 aliphatic heterocycles. The fourth-order valence-electron chi connectivity index (χ4n) is 1.57. The normalized spacial score (nSPS) is 33.6. The standard InChI is InChI=1S/C7H13B2NO2/c1-10-4-2-3-6(11,5-10)7(8,9)12/h11-12H,2-5H2,1H3. The first-order valence-electron chi connectivity index (χ1n) is 4.06. The van der Waals surface area contributed by atoms with Gasteiger partial charge in [0.15, 0.2) is 0 Å². The van der Waals surface area contributed by atoms with Crippen molar-refractivity contribution in [1.29, 1.82) is 0 Å². The minimum atomic E-state index is -2.00. The van der Waals surface area contributed by atoms with E-state index in [1.165, 1.54) is 0 Å². The van der Waals surface area contributed by atoms with Gasteiger partial charge in [-0.2, -0.15) is 0 Å². The molecule has 1 unspecified atom stereocenters. The number of likely N-dealkylation sites (N-methyl/N-ethyl adjacent to an activating group) is 1. The summed E-state index contributed by atoms with van der Waals surface area (Å²) in [4.78, 5) is 1.90. The van der Waals surface area contributed by atoms with Crippen LogP contribution in [-0.2, 0) is 0 Å². The molecular weight excluding hydrogens is 152 g/mol. The van der Waals surface area contributed by atoms with E-state index in [0.29, 0.717) is 13.0 Å². The zero-order chi connectivity index (χ0) is 9.41. The van der Waals surface area contributed by atoms with Crippen LogP contribution in [-0.4, -0.2) is 61.9 Å². The number of β-amino-alcohol motifs (C(OH)–C–C–N with tert-alkyl or cyclic N) is 1. The first-order valence-corrected chi connectivity index (χ1v) is 4.06. The predicted octanol–water partition coefficient (Wildman–Crippen LogP) is -1.57. The third kappa shape index (κ3) is 1.84. The molecule has 1 saturated heterocycles. The van der Waals surface area contributed by atoms with Crippen LogP contribution in [0.1, 0.15) is 12.8 Å². The summed E-state index contributed by atoms with van der Waals surface area (Å²) >= 11 is 0. The van der Waals surface area contributed by atoms with Gasteiger partial charge in [0.05, 0.1) is 5.60 Å². The second-order valence-electron chi connectivity index (χ2n) is 3.70. The molecule has 12 heavy (non-hydrogen) atoms. The van der Waals surface area contributed by atoms with Crippen molar-refractivity contribution >= 4 is 15.7 Å². The van der Waals surface area contributed by atoms with Crippen molar-refractivity contribution in [3.05, 3.63) is 0 Å². The van der Waals surface area contributed by atoms with Crippen LogP contribution in [0.3, 0.4) is 0 Å². The number of piperidine rings is 1. The average molecular weight is 165 g/mol. The second kappa shape index (κ2) is 3.05. The zero-order valence-corrected chi connectivity index (χ0v) is 7.32. The summed E-state index contributed by atoms with van der Waals surface area (Å²) in [5, 5.41) is 17.1. The van der Waals surface area contributed by atoms with Crippen molar-refractivity contribution < 1.29 is 10.2 Å². The van der Waals surface area contributed by atoms with E-state index < -0.39 is 11.0 Å². The Morgan fingerprint density at radius 2 is 2.08 bits per heavy atom. The fourth-order valence-corrected chi connectivity index (χ4v) is 1.57. The molecule has 0 bridgehead atoms. The minimum absolute atomic E-state index is 0.316. The van der Waals surface area contributed by atoms with Crippen LogP contribution >= 0.6 is 0 Å². The maximum atomic E-state index is 9.84. The molecule has 3 nitrogen and oxygen atoms in total. The molecule has 0 spiro atoms. The Bertz CT molecular complexity index is 171. The Morgan fingerprint density at radius 3 is 2.42 bits per heavy atom.